The van der Waals surface area contributed by atoms with E-state index in [0.29, 0.717) is 11.1 Å². The van der Waals surface area contributed by atoms with Crippen LogP contribution >= 0.6 is 0 Å². The summed E-state index contributed by atoms with van der Waals surface area (Å²) in [5.74, 6) is -4.53. The van der Waals surface area contributed by atoms with Crippen LogP contribution in [0.2, 0.25) is 0 Å². The van der Waals surface area contributed by atoms with Gasteiger partial charge in [-0.1, -0.05) is 30.3 Å². The second-order valence-electron chi connectivity index (χ2n) is 12.7. The lowest BCUT2D eigenvalue weighted by Gasteiger charge is -2.29. The number of benzene rings is 3. The van der Waals surface area contributed by atoms with Gasteiger partial charge in [0.1, 0.15) is 41.2 Å². The van der Waals surface area contributed by atoms with Gasteiger partial charge in [0.25, 0.3) is 0 Å². The molecule has 1 heterocycles. The molecule has 0 unspecified atom stereocenters. The molecular formula is C34H35F2N3O9. The Morgan fingerprint density at radius 3 is 1.50 bits per heavy atom. The molecule has 0 fully saturated rings. The zero-order chi connectivity index (χ0) is 35.4. The van der Waals surface area contributed by atoms with E-state index in [4.69, 9.17) is 18.9 Å². The Hall–Kier alpha value is -5.53. The van der Waals surface area contributed by atoms with E-state index in [1.54, 1.807) is 41.5 Å². The van der Waals surface area contributed by atoms with Crippen molar-refractivity contribution >= 4 is 35.7 Å². The number of amides is 3. The number of nitrogens with one attached hydrogen (secondary N) is 3. The SMILES string of the molecule is CC(C)(C)OC(=O)NCC(=O)Oc1ccc(C2(c3ccc(OC(=O)CNC(=O)OC(C)(C)C)cc3)C(=O)Nc3c2ccc(F)c3F)cc1. The molecule has 48 heavy (non-hydrogen) atoms. The molecule has 3 N–H and O–H groups in total. The Kier molecular flexibility index (Phi) is 10.1. The summed E-state index contributed by atoms with van der Waals surface area (Å²) in [7, 11) is 0. The monoisotopic (exact) mass is 667 g/mol. The quantitative estimate of drug-likeness (QED) is 0.219. The van der Waals surface area contributed by atoms with Gasteiger partial charge in [-0.25, -0.2) is 28.0 Å². The van der Waals surface area contributed by atoms with E-state index < -0.39 is 71.4 Å². The molecule has 0 bridgehead atoms. The highest BCUT2D eigenvalue weighted by atomic mass is 19.2. The third kappa shape index (κ3) is 8.24. The van der Waals surface area contributed by atoms with Crippen molar-refractivity contribution < 1.29 is 51.7 Å². The van der Waals surface area contributed by atoms with Crippen LogP contribution in [0.3, 0.4) is 0 Å². The van der Waals surface area contributed by atoms with Gasteiger partial charge in [0, 0.05) is 5.56 Å². The van der Waals surface area contributed by atoms with E-state index >= 15 is 0 Å². The molecule has 14 heteroatoms. The number of ether oxygens (including phenoxy) is 4. The molecular weight excluding hydrogens is 632 g/mol. The van der Waals surface area contributed by atoms with Crippen LogP contribution in [-0.4, -0.2) is 54.3 Å². The summed E-state index contributed by atoms with van der Waals surface area (Å²) in [6.45, 7) is 9.08. The molecule has 0 radical (unpaired) electrons. The first-order valence-corrected chi connectivity index (χ1v) is 14.7. The Bertz CT molecular complexity index is 1640. The number of hydrogen-bond donors (Lipinski definition) is 3. The third-order valence-corrected chi connectivity index (χ3v) is 6.67. The molecule has 3 aromatic carbocycles. The van der Waals surface area contributed by atoms with Crippen molar-refractivity contribution in [1.82, 2.24) is 10.6 Å². The Morgan fingerprint density at radius 2 is 1.10 bits per heavy atom. The minimum absolute atomic E-state index is 0.0797. The van der Waals surface area contributed by atoms with E-state index in [-0.39, 0.29) is 22.7 Å². The van der Waals surface area contributed by atoms with E-state index in [1.807, 2.05) is 0 Å². The first-order chi connectivity index (χ1) is 22.4. The van der Waals surface area contributed by atoms with Gasteiger partial charge < -0.3 is 34.9 Å². The van der Waals surface area contributed by atoms with E-state index in [2.05, 4.69) is 16.0 Å². The lowest BCUT2D eigenvalue weighted by molar-refractivity contribution is -0.134. The number of carbonyl (C=O) groups is 5. The molecule has 0 aromatic heterocycles. The maximum Gasteiger partial charge on any atom is 0.408 e. The smallest absolute Gasteiger partial charge is 0.408 e. The van der Waals surface area contributed by atoms with Gasteiger partial charge >= 0.3 is 24.1 Å². The summed E-state index contributed by atoms with van der Waals surface area (Å²) >= 11 is 0. The third-order valence-electron chi connectivity index (χ3n) is 6.67. The molecule has 3 aromatic rings. The molecule has 1 aliphatic rings. The first kappa shape index (κ1) is 35.3. The standard InChI is InChI=1S/C34H35F2N3O9/c1-32(2,3)47-30(43)37-17-25(40)45-21-11-7-19(8-12-21)34(23-15-16-24(35)27(36)28(23)39-29(34)42)20-9-13-22(14-10-20)46-26(41)18-38-31(44)48-33(4,5)6/h7-16H,17-18H2,1-6H3,(H,37,43)(H,38,44)(H,39,42). The molecule has 4 rings (SSSR count). The lowest BCUT2D eigenvalue weighted by Crippen LogP contribution is -2.37. The number of rotatable bonds is 8. The maximum atomic E-state index is 14.9. The van der Waals surface area contributed by atoms with E-state index in [1.165, 1.54) is 54.6 Å². The number of halogens is 2. The average Bonchev–Trinajstić information content (AvgIpc) is 3.29. The number of hydrogen-bond acceptors (Lipinski definition) is 9. The molecule has 0 atom stereocenters. The van der Waals surface area contributed by atoms with Crippen molar-refractivity contribution in [2.75, 3.05) is 18.4 Å². The van der Waals surface area contributed by atoms with Crippen molar-refractivity contribution in [1.29, 1.82) is 0 Å². The zero-order valence-corrected chi connectivity index (χ0v) is 27.1. The van der Waals surface area contributed by atoms with Crippen molar-refractivity contribution in [3.63, 3.8) is 0 Å². The predicted molar refractivity (Wildman–Crippen MR) is 167 cm³/mol. The van der Waals surface area contributed by atoms with Gasteiger partial charge in [0.2, 0.25) is 5.91 Å². The van der Waals surface area contributed by atoms with Crippen molar-refractivity contribution in [2.45, 2.75) is 58.2 Å². The maximum absolute atomic E-state index is 14.9. The molecule has 0 spiro atoms. The molecule has 1 aliphatic heterocycles. The van der Waals surface area contributed by atoms with Crippen LogP contribution in [0.4, 0.5) is 24.1 Å². The summed E-state index contributed by atoms with van der Waals surface area (Å²) in [5, 5.41) is 7.04. The van der Waals surface area contributed by atoms with Crippen molar-refractivity contribution in [3.05, 3.63) is 89.0 Å². The minimum atomic E-state index is -1.70. The highest BCUT2D eigenvalue weighted by Gasteiger charge is 2.51. The van der Waals surface area contributed by atoms with Gasteiger partial charge in [-0.15, -0.1) is 0 Å². The number of anilines is 1. The largest absolute Gasteiger partial charge is 0.444 e. The van der Waals surface area contributed by atoms with Crippen LogP contribution < -0.4 is 25.4 Å². The van der Waals surface area contributed by atoms with Crippen LogP contribution in [0.5, 0.6) is 11.5 Å². The highest BCUT2D eigenvalue weighted by molar-refractivity contribution is 6.11. The molecule has 12 nitrogen and oxygen atoms in total. The second kappa shape index (κ2) is 13.7. The Balaban J connectivity index is 1.57. The fourth-order valence-corrected chi connectivity index (χ4v) is 4.85. The number of esters is 2. The average molecular weight is 668 g/mol. The molecule has 0 saturated heterocycles. The molecule has 3 amide bonds. The second-order valence-corrected chi connectivity index (χ2v) is 12.7. The van der Waals surface area contributed by atoms with Crippen molar-refractivity contribution in [2.24, 2.45) is 0 Å². The number of carbonyl (C=O) groups excluding carboxylic acids is 5. The summed E-state index contributed by atoms with van der Waals surface area (Å²) in [6, 6.07) is 13.7. The zero-order valence-electron chi connectivity index (χ0n) is 27.1. The van der Waals surface area contributed by atoms with Gasteiger partial charge in [0.15, 0.2) is 11.6 Å². The summed E-state index contributed by atoms with van der Waals surface area (Å²) in [4.78, 5) is 62.1. The highest BCUT2D eigenvalue weighted by Crippen LogP contribution is 2.49. The number of alkyl carbamates (subject to hydrolysis) is 2. The first-order valence-electron chi connectivity index (χ1n) is 14.7. The minimum Gasteiger partial charge on any atom is -0.444 e. The molecule has 254 valence electrons. The van der Waals surface area contributed by atoms with Crippen LogP contribution in [0.1, 0.15) is 58.2 Å². The van der Waals surface area contributed by atoms with Gasteiger partial charge in [-0.05, 0) is 83.0 Å². The van der Waals surface area contributed by atoms with Gasteiger partial charge in [-0.3, -0.25) is 4.79 Å². The van der Waals surface area contributed by atoms with Crippen LogP contribution in [0.15, 0.2) is 60.7 Å². The predicted octanol–water partition coefficient (Wildman–Crippen LogP) is 5.11. The lowest BCUT2D eigenvalue weighted by atomic mass is 9.70. The number of fused-ring (bicyclic) bond motifs is 1. The molecule has 0 saturated carbocycles. The fourth-order valence-electron chi connectivity index (χ4n) is 4.85. The summed E-state index contributed by atoms with van der Waals surface area (Å²) in [5.41, 5.74) is -2.83. The van der Waals surface area contributed by atoms with E-state index in [0.717, 1.165) is 6.07 Å². The Morgan fingerprint density at radius 1 is 0.688 bits per heavy atom. The summed E-state index contributed by atoms with van der Waals surface area (Å²) in [6.07, 6.45) is -1.60. The van der Waals surface area contributed by atoms with Crippen LogP contribution in [0, 0.1) is 11.6 Å². The van der Waals surface area contributed by atoms with E-state index in [9.17, 15) is 32.8 Å². The fraction of sp³-hybridized carbons (Fsp3) is 0.324. The van der Waals surface area contributed by atoms with Crippen molar-refractivity contribution in [3.8, 4) is 11.5 Å². The van der Waals surface area contributed by atoms with Gasteiger partial charge in [0.05, 0.1) is 5.69 Å². The normalized spacial score (nSPS) is 13.5. The van der Waals surface area contributed by atoms with Gasteiger partial charge in [-0.2, -0.15) is 0 Å². The Labute approximate surface area is 275 Å². The topological polar surface area (TPSA) is 158 Å². The van der Waals surface area contributed by atoms with Crippen LogP contribution in [-0.2, 0) is 29.3 Å². The van der Waals surface area contributed by atoms with Crippen LogP contribution in [0.25, 0.3) is 0 Å². The molecule has 0 aliphatic carbocycles. The summed E-state index contributed by atoms with van der Waals surface area (Å²) < 4.78 is 49.9.